The lowest BCUT2D eigenvalue weighted by molar-refractivity contribution is 0.502. The first kappa shape index (κ1) is 13.2. The predicted octanol–water partition coefficient (Wildman–Crippen LogP) is 5.48. The molecule has 0 heterocycles. The Balaban J connectivity index is 2.02. The molecule has 1 aromatic rings. The molecule has 2 rings (SSSR count). The van der Waals surface area contributed by atoms with Gasteiger partial charge in [-0.3, -0.25) is 0 Å². The summed E-state index contributed by atoms with van der Waals surface area (Å²) < 4.78 is 1.10. The van der Waals surface area contributed by atoms with Gasteiger partial charge in [0.25, 0.3) is 0 Å². The van der Waals surface area contributed by atoms with Gasteiger partial charge < -0.3 is 5.32 Å². The third-order valence-electron chi connectivity index (χ3n) is 3.55. The van der Waals surface area contributed by atoms with E-state index in [2.05, 4.69) is 28.2 Å². The summed E-state index contributed by atoms with van der Waals surface area (Å²) in [7, 11) is 0. The van der Waals surface area contributed by atoms with Crippen molar-refractivity contribution in [3.63, 3.8) is 0 Å². The van der Waals surface area contributed by atoms with E-state index in [0.29, 0.717) is 6.04 Å². The average Bonchev–Trinajstić information content (AvgIpc) is 2.49. The molecular formula is C14H19BrClN. The van der Waals surface area contributed by atoms with E-state index in [-0.39, 0.29) is 0 Å². The van der Waals surface area contributed by atoms with Gasteiger partial charge in [0.2, 0.25) is 0 Å². The maximum absolute atomic E-state index is 6.03. The molecule has 1 aliphatic carbocycles. The Morgan fingerprint density at radius 2 is 2.06 bits per heavy atom. The maximum atomic E-state index is 6.03. The Morgan fingerprint density at radius 1 is 1.24 bits per heavy atom. The summed E-state index contributed by atoms with van der Waals surface area (Å²) in [6.07, 6.45) is 6.56. The molecule has 0 bridgehead atoms. The number of hydrogen-bond donors (Lipinski definition) is 1. The first-order valence-corrected chi connectivity index (χ1v) is 7.54. The predicted molar refractivity (Wildman–Crippen MR) is 78.8 cm³/mol. The Kier molecular flexibility index (Phi) is 4.75. The van der Waals surface area contributed by atoms with Gasteiger partial charge in [-0.25, -0.2) is 0 Å². The van der Waals surface area contributed by atoms with Crippen molar-refractivity contribution in [1.29, 1.82) is 0 Å². The quantitative estimate of drug-likeness (QED) is 0.712. The van der Waals surface area contributed by atoms with E-state index in [1.54, 1.807) is 0 Å². The number of benzene rings is 1. The van der Waals surface area contributed by atoms with E-state index in [0.717, 1.165) is 21.1 Å². The standard InChI is InChI=1S/C14H19BrClN/c1-10-3-2-4-12(7-5-10)17-14-9-11(16)6-8-13(14)15/h6,8-10,12,17H,2-5,7H2,1H3. The van der Waals surface area contributed by atoms with Crippen LogP contribution in [0.2, 0.25) is 5.02 Å². The van der Waals surface area contributed by atoms with Crippen LogP contribution in [0.4, 0.5) is 5.69 Å². The molecule has 1 saturated carbocycles. The van der Waals surface area contributed by atoms with Gasteiger partial charge >= 0.3 is 0 Å². The maximum Gasteiger partial charge on any atom is 0.0501 e. The summed E-state index contributed by atoms with van der Waals surface area (Å²) in [6.45, 7) is 2.36. The normalized spacial score (nSPS) is 25.4. The highest BCUT2D eigenvalue weighted by molar-refractivity contribution is 9.10. The number of hydrogen-bond acceptors (Lipinski definition) is 1. The van der Waals surface area contributed by atoms with Crippen molar-refractivity contribution in [3.8, 4) is 0 Å². The topological polar surface area (TPSA) is 12.0 Å². The van der Waals surface area contributed by atoms with E-state index in [9.17, 15) is 0 Å². The van der Waals surface area contributed by atoms with Crippen molar-refractivity contribution in [2.75, 3.05) is 5.32 Å². The highest BCUT2D eigenvalue weighted by Gasteiger charge is 2.16. The summed E-state index contributed by atoms with van der Waals surface area (Å²) >= 11 is 9.60. The molecule has 1 aliphatic rings. The van der Waals surface area contributed by atoms with Crippen LogP contribution in [0.25, 0.3) is 0 Å². The molecule has 94 valence electrons. The highest BCUT2D eigenvalue weighted by Crippen LogP contribution is 2.30. The molecule has 0 spiro atoms. The summed E-state index contributed by atoms with van der Waals surface area (Å²) in [5.74, 6) is 0.879. The smallest absolute Gasteiger partial charge is 0.0501 e. The van der Waals surface area contributed by atoms with Gasteiger partial charge in [-0.2, -0.15) is 0 Å². The second kappa shape index (κ2) is 6.10. The zero-order valence-electron chi connectivity index (χ0n) is 10.2. The fourth-order valence-electron chi connectivity index (χ4n) is 2.46. The number of nitrogens with one attached hydrogen (secondary N) is 1. The molecule has 2 atom stereocenters. The molecule has 2 unspecified atom stereocenters. The van der Waals surface area contributed by atoms with E-state index >= 15 is 0 Å². The molecule has 1 N–H and O–H groups in total. The highest BCUT2D eigenvalue weighted by atomic mass is 79.9. The van der Waals surface area contributed by atoms with Gasteiger partial charge in [0.1, 0.15) is 0 Å². The molecule has 3 heteroatoms. The minimum Gasteiger partial charge on any atom is -0.381 e. The molecule has 0 aromatic heterocycles. The van der Waals surface area contributed by atoms with Crippen LogP contribution in [0.1, 0.15) is 39.0 Å². The van der Waals surface area contributed by atoms with Crippen LogP contribution in [-0.2, 0) is 0 Å². The molecule has 0 radical (unpaired) electrons. The molecule has 0 saturated heterocycles. The molecule has 1 nitrogen and oxygen atoms in total. The van der Waals surface area contributed by atoms with Crippen molar-refractivity contribution < 1.29 is 0 Å². The van der Waals surface area contributed by atoms with Gasteiger partial charge in [-0.15, -0.1) is 0 Å². The molecular weight excluding hydrogens is 298 g/mol. The zero-order valence-corrected chi connectivity index (χ0v) is 12.5. The van der Waals surface area contributed by atoms with Crippen LogP contribution < -0.4 is 5.32 Å². The van der Waals surface area contributed by atoms with Crippen molar-refractivity contribution in [1.82, 2.24) is 0 Å². The summed E-state index contributed by atoms with van der Waals surface area (Å²) in [5.41, 5.74) is 1.12. The lowest BCUT2D eigenvalue weighted by Gasteiger charge is -2.19. The van der Waals surface area contributed by atoms with Gasteiger partial charge in [0.15, 0.2) is 0 Å². The van der Waals surface area contributed by atoms with Crippen LogP contribution >= 0.6 is 27.5 Å². The van der Waals surface area contributed by atoms with Gasteiger partial charge in [-0.1, -0.05) is 31.4 Å². The van der Waals surface area contributed by atoms with E-state index in [1.807, 2.05) is 18.2 Å². The Bertz CT molecular complexity index is 380. The fourth-order valence-corrected chi connectivity index (χ4v) is 2.99. The van der Waals surface area contributed by atoms with Crippen molar-refractivity contribution in [2.24, 2.45) is 5.92 Å². The third-order valence-corrected chi connectivity index (χ3v) is 4.47. The molecule has 0 aliphatic heterocycles. The number of halogens is 2. The van der Waals surface area contributed by atoms with Crippen molar-refractivity contribution in [3.05, 3.63) is 27.7 Å². The Labute approximate surface area is 117 Å². The SMILES string of the molecule is CC1CCCC(Nc2cc(Cl)ccc2Br)CC1. The first-order valence-electron chi connectivity index (χ1n) is 6.37. The monoisotopic (exact) mass is 315 g/mol. The zero-order chi connectivity index (χ0) is 12.3. The summed E-state index contributed by atoms with van der Waals surface area (Å²) in [4.78, 5) is 0. The second-order valence-corrected chi connectivity index (χ2v) is 6.37. The molecule has 1 aromatic carbocycles. The van der Waals surface area contributed by atoms with Gasteiger partial charge in [0.05, 0.1) is 5.69 Å². The second-order valence-electron chi connectivity index (χ2n) is 5.08. The Morgan fingerprint density at radius 3 is 2.88 bits per heavy atom. The van der Waals surface area contributed by atoms with Crippen molar-refractivity contribution >= 4 is 33.2 Å². The molecule has 0 amide bonds. The van der Waals surface area contributed by atoms with Crippen molar-refractivity contribution in [2.45, 2.75) is 45.1 Å². The minimum absolute atomic E-state index is 0.592. The number of rotatable bonds is 2. The van der Waals surface area contributed by atoms with Crippen LogP contribution in [0.15, 0.2) is 22.7 Å². The third kappa shape index (κ3) is 3.89. The summed E-state index contributed by atoms with van der Waals surface area (Å²) in [6, 6.07) is 6.50. The molecule has 17 heavy (non-hydrogen) atoms. The fraction of sp³-hybridized carbons (Fsp3) is 0.571. The van der Waals surface area contributed by atoms with Crippen LogP contribution in [0.5, 0.6) is 0 Å². The van der Waals surface area contributed by atoms with Crippen LogP contribution in [0.3, 0.4) is 0 Å². The minimum atomic E-state index is 0.592. The van der Waals surface area contributed by atoms with Crippen LogP contribution in [-0.4, -0.2) is 6.04 Å². The number of anilines is 1. The Hall–Kier alpha value is -0.210. The average molecular weight is 317 g/mol. The van der Waals surface area contributed by atoms with Gasteiger partial charge in [0, 0.05) is 15.5 Å². The summed E-state index contributed by atoms with van der Waals surface area (Å²) in [5, 5.41) is 4.41. The first-order chi connectivity index (χ1) is 8.15. The molecule has 1 fully saturated rings. The largest absolute Gasteiger partial charge is 0.381 e. The lowest BCUT2D eigenvalue weighted by Crippen LogP contribution is -2.18. The van der Waals surface area contributed by atoms with Gasteiger partial charge in [-0.05, 0) is 59.3 Å². The van der Waals surface area contributed by atoms with E-state index in [4.69, 9.17) is 11.6 Å². The lowest BCUT2D eigenvalue weighted by atomic mass is 10.0. The van der Waals surface area contributed by atoms with E-state index in [1.165, 1.54) is 32.1 Å². The van der Waals surface area contributed by atoms with Crippen LogP contribution in [0, 0.1) is 5.92 Å². The van der Waals surface area contributed by atoms with E-state index < -0.39 is 0 Å².